The first kappa shape index (κ1) is 13.5. The number of rotatable bonds is 5. The van der Waals surface area contributed by atoms with Gasteiger partial charge in [0.2, 0.25) is 0 Å². The summed E-state index contributed by atoms with van der Waals surface area (Å²) in [7, 11) is 1.48. The van der Waals surface area contributed by atoms with E-state index in [1.54, 1.807) is 12.1 Å². The Labute approximate surface area is 113 Å². The van der Waals surface area contributed by atoms with Crippen LogP contribution in [0.25, 0.3) is 0 Å². The van der Waals surface area contributed by atoms with Crippen molar-refractivity contribution in [1.82, 2.24) is 10.6 Å². The molecule has 0 radical (unpaired) electrons. The SMILES string of the molecule is COc1cc(N(CC2=CNCN2)C(C)C)ccc1F. The van der Waals surface area contributed by atoms with Crippen molar-refractivity contribution in [3.8, 4) is 5.75 Å². The molecule has 0 bridgehead atoms. The molecular weight excluding hydrogens is 245 g/mol. The number of methoxy groups -OCH3 is 1. The van der Waals surface area contributed by atoms with E-state index >= 15 is 0 Å². The van der Waals surface area contributed by atoms with Crippen molar-refractivity contribution in [2.75, 3.05) is 25.2 Å². The molecule has 0 spiro atoms. The van der Waals surface area contributed by atoms with Gasteiger partial charge in [-0.25, -0.2) is 4.39 Å². The Bertz CT molecular complexity index is 474. The van der Waals surface area contributed by atoms with Crippen LogP contribution in [-0.2, 0) is 0 Å². The minimum atomic E-state index is -0.338. The van der Waals surface area contributed by atoms with Gasteiger partial charge < -0.3 is 20.3 Å². The molecule has 1 heterocycles. The number of hydrogen-bond acceptors (Lipinski definition) is 4. The smallest absolute Gasteiger partial charge is 0.165 e. The summed E-state index contributed by atoms with van der Waals surface area (Å²) in [6.45, 7) is 5.73. The lowest BCUT2D eigenvalue weighted by Crippen LogP contribution is -2.35. The van der Waals surface area contributed by atoms with Crippen LogP contribution >= 0.6 is 0 Å². The highest BCUT2D eigenvalue weighted by atomic mass is 19.1. The lowest BCUT2D eigenvalue weighted by atomic mass is 10.2. The van der Waals surface area contributed by atoms with E-state index in [0.29, 0.717) is 6.04 Å². The van der Waals surface area contributed by atoms with Crippen LogP contribution in [0.15, 0.2) is 30.1 Å². The van der Waals surface area contributed by atoms with Gasteiger partial charge in [-0.05, 0) is 26.0 Å². The Hall–Kier alpha value is -1.91. The van der Waals surface area contributed by atoms with Crippen molar-refractivity contribution >= 4 is 5.69 Å². The van der Waals surface area contributed by atoms with Gasteiger partial charge >= 0.3 is 0 Å². The predicted molar refractivity (Wildman–Crippen MR) is 74.7 cm³/mol. The maximum Gasteiger partial charge on any atom is 0.165 e. The van der Waals surface area contributed by atoms with E-state index < -0.39 is 0 Å². The largest absolute Gasteiger partial charge is 0.494 e. The molecule has 104 valence electrons. The van der Waals surface area contributed by atoms with E-state index in [2.05, 4.69) is 29.4 Å². The van der Waals surface area contributed by atoms with Crippen LogP contribution in [0.1, 0.15) is 13.8 Å². The molecule has 1 aliphatic heterocycles. The number of ether oxygens (including phenoxy) is 1. The van der Waals surface area contributed by atoms with Crippen molar-refractivity contribution in [1.29, 1.82) is 0 Å². The van der Waals surface area contributed by atoms with Crippen LogP contribution in [0, 0.1) is 5.82 Å². The summed E-state index contributed by atoms with van der Waals surface area (Å²) in [5.74, 6) is -0.0653. The lowest BCUT2D eigenvalue weighted by molar-refractivity contribution is 0.386. The minimum absolute atomic E-state index is 0.273. The molecule has 0 fully saturated rings. The highest BCUT2D eigenvalue weighted by molar-refractivity contribution is 5.53. The molecule has 19 heavy (non-hydrogen) atoms. The second-order valence-electron chi connectivity index (χ2n) is 4.77. The normalized spacial score (nSPS) is 13.8. The number of benzene rings is 1. The minimum Gasteiger partial charge on any atom is -0.494 e. The Morgan fingerprint density at radius 2 is 2.21 bits per heavy atom. The first-order chi connectivity index (χ1) is 9.11. The fraction of sp³-hybridized carbons (Fsp3) is 0.429. The zero-order chi connectivity index (χ0) is 13.8. The van der Waals surface area contributed by atoms with Crippen molar-refractivity contribution in [2.24, 2.45) is 0 Å². The van der Waals surface area contributed by atoms with Crippen LogP contribution in [0.4, 0.5) is 10.1 Å². The molecule has 0 saturated carbocycles. The third kappa shape index (κ3) is 3.10. The summed E-state index contributed by atoms with van der Waals surface area (Å²) in [6.07, 6.45) is 1.97. The molecule has 1 aliphatic rings. The topological polar surface area (TPSA) is 36.5 Å². The molecule has 0 unspecified atom stereocenters. The molecule has 5 heteroatoms. The molecule has 1 aromatic rings. The van der Waals surface area contributed by atoms with E-state index in [-0.39, 0.29) is 11.6 Å². The first-order valence-corrected chi connectivity index (χ1v) is 6.38. The summed E-state index contributed by atoms with van der Waals surface area (Å²) < 4.78 is 18.5. The number of hydrogen-bond donors (Lipinski definition) is 2. The molecule has 0 aliphatic carbocycles. The van der Waals surface area contributed by atoms with Crippen molar-refractivity contribution in [3.05, 3.63) is 35.9 Å². The third-order valence-electron chi connectivity index (χ3n) is 3.12. The average Bonchev–Trinajstić information content (AvgIpc) is 2.89. The molecule has 0 aromatic heterocycles. The van der Waals surface area contributed by atoms with Gasteiger partial charge in [-0.3, -0.25) is 0 Å². The van der Waals surface area contributed by atoms with Crippen molar-refractivity contribution in [2.45, 2.75) is 19.9 Å². The number of nitrogens with one attached hydrogen (secondary N) is 2. The molecule has 2 N–H and O–H groups in total. The average molecular weight is 265 g/mol. The second kappa shape index (κ2) is 5.82. The van der Waals surface area contributed by atoms with E-state index in [9.17, 15) is 4.39 Å². The standard InChI is InChI=1S/C14H20FN3O/c1-10(2)18(8-11-7-16-9-17-11)12-4-5-13(15)14(6-12)19-3/h4-7,10,16-17H,8-9H2,1-3H3. The highest BCUT2D eigenvalue weighted by Crippen LogP contribution is 2.26. The van der Waals surface area contributed by atoms with Crippen molar-refractivity contribution < 1.29 is 9.13 Å². The molecular formula is C14H20FN3O. The fourth-order valence-corrected chi connectivity index (χ4v) is 2.07. The van der Waals surface area contributed by atoms with Gasteiger partial charge in [0.25, 0.3) is 0 Å². The van der Waals surface area contributed by atoms with Gasteiger partial charge in [-0.1, -0.05) is 0 Å². The molecule has 2 rings (SSSR count). The summed E-state index contributed by atoms with van der Waals surface area (Å²) in [5.41, 5.74) is 2.07. The lowest BCUT2D eigenvalue weighted by Gasteiger charge is -2.29. The highest BCUT2D eigenvalue weighted by Gasteiger charge is 2.16. The Morgan fingerprint density at radius 3 is 2.79 bits per heavy atom. The zero-order valence-corrected chi connectivity index (χ0v) is 11.5. The van der Waals surface area contributed by atoms with Gasteiger partial charge in [0.15, 0.2) is 11.6 Å². The van der Waals surface area contributed by atoms with Gasteiger partial charge in [-0.15, -0.1) is 0 Å². The van der Waals surface area contributed by atoms with Crippen LogP contribution in [0.2, 0.25) is 0 Å². The fourth-order valence-electron chi connectivity index (χ4n) is 2.07. The molecule has 0 atom stereocenters. The Morgan fingerprint density at radius 1 is 1.42 bits per heavy atom. The van der Waals surface area contributed by atoms with Crippen molar-refractivity contribution in [3.63, 3.8) is 0 Å². The summed E-state index contributed by atoms with van der Waals surface area (Å²) >= 11 is 0. The molecule has 4 nitrogen and oxygen atoms in total. The first-order valence-electron chi connectivity index (χ1n) is 6.38. The van der Waals surface area contributed by atoms with Crippen LogP contribution < -0.4 is 20.3 Å². The summed E-state index contributed by atoms with van der Waals surface area (Å²) in [5, 5.41) is 6.37. The predicted octanol–water partition coefficient (Wildman–Crippen LogP) is 2.04. The van der Waals surface area contributed by atoms with Crippen LogP contribution in [-0.4, -0.2) is 26.4 Å². The Kier molecular flexibility index (Phi) is 4.14. The van der Waals surface area contributed by atoms with Crippen LogP contribution in [0.3, 0.4) is 0 Å². The monoisotopic (exact) mass is 265 g/mol. The Balaban J connectivity index is 2.23. The van der Waals surface area contributed by atoms with E-state index in [1.165, 1.54) is 13.2 Å². The van der Waals surface area contributed by atoms with E-state index in [4.69, 9.17) is 4.74 Å². The van der Waals surface area contributed by atoms with Gasteiger partial charge in [0, 0.05) is 29.7 Å². The number of anilines is 1. The molecule has 1 aromatic carbocycles. The zero-order valence-electron chi connectivity index (χ0n) is 11.5. The molecule has 0 saturated heterocycles. The van der Waals surface area contributed by atoms with E-state index in [1.807, 2.05) is 6.20 Å². The second-order valence-corrected chi connectivity index (χ2v) is 4.77. The van der Waals surface area contributed by atoms with Gasteiger partial charge in [-0.2, -0.15) is 0 Å². The maximum atomic E-state index is 13.5. The van der Waals surface area contributed by atoms with Gasteiger partial charge in [0.1, 0.15) is 0 Å². The summed E-state index contributed by atoms with van der Waals surface area (Å²) in [4.78, 5) is 2.19. The van der Waals surface area contributed by atoms with Gasteiger partial charge in [0.05, 0.1) is 20.3 Å². The maximum absolute atomic E-state index is 13.5. The quantitative estimate of drug-likeness (QED) is 0.854. The molecule has 0 amide bonds. The number of halogens is 1. The van der Waals surface area contributed by atoms with E-state index in [0.717, 1.165) is 24.6 Å². The summed E-state index contributed by atoms with van der Waals surface area (Å²) in [6, 6.07) is 5.26. The number of nitrogens with zero attached hydrogens (tertiary/aromatic N) is 1. The third-order valence-corrected chi connectivity index (χ3v) is 3.12. The van der Waals surface area contributed by atoms with Crippen LogP contribution in [0.5, 0.6) is 5.75 Å².